The molecule has 110 valence electrons. The van der Waals surface area contributed by atoms with Crippen LogP contribution in [0.3, 0.4) is 0 Å². The number of ether oxygens (including phenoxy) is 1. The van der Waals surface area contributed by atoms with Crippen molar-refractivity contribution in [3.05, 3.63) is 53.9 Å². The smallest absolute Gasteiger partial charge is 0.338 e. The predicted octanol–water partition coefficient (Wildman–Crippen LogP) is 2.48. The van der Waals surface area contributed by atoms with Gasteiger partial charge in [0.2, 0.25) is 0 Å². The molecule has 0 aliphatic rings. The number of nitrogen functional groups attached to an aromatic ring is 1. The van der Waals surface area contributed by atoms with Crippen LogP contribution in [0.4, 0.5) is 11.4 Å². The maximum absolute atomic E-state index is 11.8. The maximum Gasteiger partial charge on any atom is 0.338 e. The van der Waals surface area contributed by atoms with E-state index in [1.54, 1.807) is 37.5 Å². The summed E-state index contributed by atoms with van der Waals surface area (Å²) in [5.41, 5.74) is 9.06. The highest BCUT2D eigenvalue weighted by atomic mass is 16.5. The summed E-state index contributed by atoms with van der Waals surface area (Å²) in [6, 6.07) is 9.06. The van der Waals surface area contributed by atoms with Crippen molar-refractivity contribution in [3.8, 4) is 0 Å². The number of rotatable bonds is 5. The van der Waals surface area contributed by atoms with Crippen LogP contribution in [-0.4, -0.2) is 24.6 Å². The van der Waals surface area contributed by atoms with Crippen molar-refractivity contribution in [1.29, 1.82) is 0 Å². The Bertz CT molecular complexity index is 614. The quantitative estimate of drug-likeness (QED) is 0.675. The number of nitrogens with two attached hydrogens (primary N) is 1. The zero-order valence-corrected chi connectivity index (χ0v) is 12.2. The second-order valence-electron chi connectivity index (χ2n) is 4.71. The van der Waals surface area contributed by atoms with Gasteiger partial charge in [-0.3, -0.25) is 4.98 Å². The molecule has 5 heteroatoms. The van der Waals surface area contributed by atoms with Crippen LogP contribution in [0.25, 0.3) is 0 Å². The lowest BCUT2D eigenvalue weighted by atomic mass is 10.1. The SMILES string of the molecule is CCOC(=O)c1ccc(N)c(N(C)Cc2ccncc2)c1. The number of aromatic nitrogens is 1. The van der Waals surface area contributed by atoms with Gasteiger partial charge in [-0.2, -0.15) is 0 Å². The molecule has 0 radical (unpaired) electrons. The number of esters is 1. The van der Waals surface area contributed by atoms with Crippen LogP contribution in [0.1, 0.15) is 22.8 Å². The minimum Gasteiger partial charge on any atom is -0.462 e. The predicted molar refractivity (Wildman–Crippen MR) is 83.2 cm³/mol. The Labute approximate surface area is 124 Å². The molecular weight excluding hydrogens is 266 g/mol. The fourth-order valence-electron chi connectivity index (χ4n) is 2.06. The minimum absolute atomic E-state index is 0.337. The number of benzene rings is 1. The summed E-state index contributed by atoms with van der Waals surface area (Å²) in [4.78, 5) is 17.8. The van der Waals surface area contributed by atoms with E-state index in [4.69, 9.17) is 10.5 Å². The molecule has 5 nitrogen and oxygen atoms in total. The number of carbonyl (C=O) groups is 1. The van der Waals surface area contributed by atoms with Crippen LogP contribution in [0, 0.1) is 0 Å². The van der Waals surface area contributed by atoms with Gasteiger partial charge < -0.3 is 15.4 Å². The van der Waals surface area contributed by atoms with Crippen molar-refractivity contribution in [3.63, 3.8) is 0 Å². The molecular formula is C16H19N3O2. The Morgan fingerprint density at radius 2 is 2.00 bits per heavy atom. The van der Waals surface area contributed by atoms with Crippen molar-refractivity contribution in [2.75, 3.05) is 24.3 Å². The van der Waals surface area contributed by atoms with Crippen LogP contribution < -0.4 is 10.6 Å². The van der Waals surface area contributed by atoms with Crippen molar-refractivity contribution < 1.29 is 9.53 Å². The van der Waals surface area contributed by atoms with E-state index in [0.717, 1.165) is 11.3 Å². The van der Waals surface area contributed by atoms with Gasteiger partial charge in [-0.25, -0.2) is 4.79 Å². The lowest BCUT2D eigenvalue weighted by Crippen LogP contribution is -2.18. The molecule has 2 rings (SSSR count). The summed E-state index contributed by atoms with van der Waals surface area (Å²) in [5.74, 6) is -0.337. The summed E-state index contributed by atoms with van der Waals surface area (Å²) >= 11 is 0. The molecule has 0 aliphatic heterocycles. The third-order valence-electron chi connectivity index (χ3n) is 3.12. The van der Waals surface area contributed by atoms with Crippen molar-refractivity contribution in [2.24, 2.45) is 0 Å². The second-order valence-corrected chi connectivity index (χ2v) is 4.71. The van der Waals surface area contributed by atoms with Gasteiger partial charge in [0.05, 0.1) is 23.5 Å². The third kappa shape index (κ3) is 3.72. The van der Waals surface area contributed by atoms with Crippen molar-refractivity contribution in [1.82, 2.24) is 4.98 Å². The van der Waals surface area contributed by atoms with Crippen LogP contribution in [0.2, 0.25) is 0 Å². The van der Waals surface area contributed by atoms with Gasteiger partial charge in [-0.15, -0.1) is 0 Å². The number of nitrogens with zero attached hydrogens (tertiary/aromatic N) is 2. The Morgan fingerprint density at radius 1 is 1.29 bits per heavy atom. The molecule has 0 spiro atoms. The van der Waals surface area contributed by atoms with E-state index in [1.807, 2.05) is 24.1 Å². The first kappa shape index (κ1) is 14.8. The summed E-state index contributed by atoms with van der Waals surface area (Å²) in [6.45, 7) is 2.82. The zero-order chi connectivity index (χ0) is 15.2. The Hall–Kier alpha value is -2.56. The number of anilines is 2. The zero-order valence-electron chi connectivity index (χ0n) is 12.2. The van der Waals surface area contributed by atoms with E-state index in [1.165, 1.54) is 0 Å². The molecule has 0 saturated carbocycles. The van der Waals surface area contributed by atoms with E-state index in [-0.39, 0.29) is 5.97 Å². The van der Waals surface area contributed by atoms with E-state index >= 15 is 0 Å². The van der Waals surface area contributed by atoms with E-state index < -0.39 is 0 Å². The molecule has 0 fully saturated rings. The van der Waals surface area contributed by atoms with Crippen LogP contribution in [0.5, 0.6) is 0 Å². The first-order chi connectivity index (χ1) is 10.1. The maximum atomic E-state index is 11.8. The Morgan fingerprint density at radius 3 is 2.67 bits per heavy atom. The molecule has 2 aromatic rings. The molecule has 0 amide bonds. The molecule has 0 unspecified atom stereocenters. The normalized spacial score (nSPS) is 10.2. The fraction of sp³-hybridized carbons (Fsp3) is 0.250. The fourth-order valence-corrected chi connectivity index (χ4v) is 2.06. The summed E-state index contributed by atoms with van der Waals surface area (Å²) in [5, 5.41) is 0. The number of hydrogen-bond donors (Lipinski definition) is 1. The highest BCUT2D eigenvalue weighted by molar-refractivity contribution is 5.92. The molecule has 0 bridgehead atoms. The highest BCUT2D eigenvalue weighted by Gasteiger charge is 2.12. The van der Waals surface area contributed by atoms with Gasteiger partial charge in [0.15, 0.2) is 0 Å². The first-order valence-corrected chi connectivity index (χ1v) is 6.78. The van der Waals surface area contributed by atoms with Gasteiger partial charge >= 0.3 is 5.97 Å². The van der Waals surface area contributed by atoms with Gasteiger partial charge in [0.1, 0.15) is 0 Å². The largest absolute Gasteiger partial charge is 0.462 e. The lowest BCUT2D eigenvalue weighted by molar-refractivity contribution is 0.0526. The monoisotopic (exact) mass is 285 g/mol. The topological polar surface area (TPSA) is 68.5 Å². The average Bonchev–Trinajstić information content (AvgIpc) is 2.48. The van der Waals surface area contributed by atoms with Gasteiger partial charge in [-0.05, 0) is 42.8 Å². The number of pyridine rings is 1. The number of hydrogen-bond acceptors (Lipinski definition) is 5. The average molecular weight is 285 g/mol. The molecule has 1 aromatic carbocycles. The second kappa shape index (κ2) is 6.74. The molecule has 0 aliphatic carbocycles. The molecule has 2 N–H and O–H groups in total. The summed E-state index contributed by atoms with van der Waals surface area (Å²) in [7, 11) is 1.93. The molecule has 21 heavy (non-hydrogen) atoms. The van der Waals surface area contributed by atoms with E-state index in [0.29, 0.717) is 24.4 Å². The summed E-state index contributed by atoms with van der Waals surface area (Å²) < 4.78 is 5.01. The number of carbonyl (C=O) groups excluding carboxylic acids is 1. The Balaban J connectivity index is 2.21. The first-order valence-electron chi connectivity index (χ1n) is 6.78. The molecule has 0 atom stereocenters. The van der Waals surface area contributed by atoms with Crippen molar-refractivity contribution in [2.45, 2.75) is 13.5 Å². The Kier molecular flexibility index (Phi) is 4.77. The summed E-state index contributed by atoms with van der Waals surface area (Å²) in [6.07, 6.45) is 3.50. The van der Waals surface area contributed by atoms with E-state index in [2.05, 4.69) is 4.98 Å². The lowest BCUT2D eigenvalue weighted by Gasteiger charge is -2.21. The standard InChI is InChI=1S/C16H19N3O2/c1-3-21-16(20)13-4-5-14(17)15(10-13)19(2)11-12-6-8-18-9-7-12/h4-10H,3,11,17H2,1-2H3. The molecule has 0 saturated heterocycles. The van der Waals surface area contributed by atoms with Crippen LogP contribution >= 0.6 is 0 Å². The van der Waals surface area contributed by atoms with Gasteiger partial charge in [-0.1, -0.05) is 0 Å². The third-order valence-corrected chi connectivity index (χ3v) is 3.12. The molecule has 1 heterocycles. The van der Waals surface area contributed by atoms with E-state index in [9.17, 15) is 4.79 Å². The van der Waals surface area contributed by atoms with Gasteiger partial charge in [0, 0.05) is 26.0 Å². The van der Waals surface area contributed by atoms with Gasteiger partial charge in [0.25, 0.3) is 0 Å². The molecule has 1 aromatic heterocycles. The van der Waals surface area contributed by atoms with Crippen LogP contribution in [-0.2, 0) is 11.3 Å². The highest BCUT2D eigenvalue weighted by Crippen LogP contribution is 2.25. The van der Waals surface area contributed by atoms with Crippen LogP contribution in [0.15, 0.2) is 42.7 Å². The minimum atomic E-state index is -0.337. The van der Waals surface area contributed by atoms with Crippen molar-refractivity contribution >= 4 is 17.3 Å².